The van der Waals surface area contributed by atoms with Crippen molar-refractivity contribution < 1.29 is 19.4 Å². The van der Waals surface area contributed by atoms with Gasteiger partial charge < -0.3 is 15.2 Å². The molecule has 5 nitrogen and oxygen atoms in total. The van der Waals surface area contributed by atoms with Crippen molar-refractivity contribution in [3.8, 4) is 0 Å². The molecule has 0 saturated heterocycles. The largest absolute Gasteiger partial charge is 0.480 e. The standard InChI is InChI=1S/C11H19NO4/c1-16-7-9(11(14)15)12-10(13)6-8-4-2-3-5-8/h8-9H,2-7H2,1H3,(H,12,13)(H,14,15). The summed E-state index contributed by atoms with van der Waals surface area (Å²) >= 11 is 0. The summed E-state index contributed by atoms with van der Waals surface area (Å²) in [6.45, 7) is 0.00569. The van der Waals surface area contributed by atoms with Crippen molar-refractivity contribution >= 4 is 11.9 Å². The number of rotatable bonds is 6. The van der Waals surface area contributed by atoms with Gasteiger partial charge in [0.15, 0.2) is 6.04 Å². The zero-order chi connectivity index (χ0) is 12.0. The van der Waals surface area contributed by atoms with Crippen molar-refractivity contribution in [1.29, 1.82) is 0 Å². The first kappa shape index (κ1) is 13.0. The number of aliphatic carboxylic acids is 1. The number of carbonyl (C=O) groups excluding carboxylic acids is 1. The number of hydrogen-bond donors (Lipinski definition) is 2. The third-order valence-electron chi connectivity index (χ3n) is 2.92. The summed E-state index contributed by atoms with van der Waals surface area (Å²) in [7, 11) is 1.42. The van der Waals surface area contributed by atoms with Crippen LogP contribution in [0.1, 0.15) is 32.1 Å². The molecule has 92 valence electrons. The van der Waals surface area contributed by atoms with E-state index in [2.05, 4.69) is 5.32 Å². The molecule has 0 aromatic carbocycles. The molecule has 0 aliphatic heterocycles. The van der Waals surface area contributed by atoms with Crippen LogP contribution in [0.15, 0.2) is 0 Å². The SMILES string of the molecule is COCC(NC(=O)CC1CCCC1)C(=O)O. The van der Waals surface area contributed by atoms with Gasteiger partial charge in [0.25, 0.3) is 0 Å². The van der Waals surface area contributed by atoms with Crippen LogP contribution in [0.25, 0.3) is 0 Å². The van der Waals surface area contributed by atoms with Crippen molar-refractivity contribution in [2.24, 2.45) is 5.92 Å². The average Bonchev–Trinajstić information content (AvgIpc) is 2.69. The first-order valence-electron chi connectivity index (χ1n) is 5.64. The number of methoxy groups -OCH3 is 1. The van der Waals surface area contributed by atoms with E-state index in [9.17, 15) is 9.59 Å². The van der Waals surface area contributed by atoms with E-state index in [0.717, 1.165) is 12.8 Å². The van der Waals surface area contributed by atoms with Gasteiger partial charge in [-0.15, -0.1) is 0 Å². The van der Waals surface area contributed by atoms with Crippen LogP contribution in [0.3, 0.4) is 0 Å². The topological polar surface area (TPSA) is 75.6 Å². The molecule has 2 N–H and O–H groups in total. The van der Waals surface area contributed by atoms with E-state index in [1.54, 1.807) is 0 Å². The van der Waals surface area contributed by atoms with Crippen LogP contribution in [0.4, 0.5) is 0 Å². The van der Waals surface area contributed by atoms with Crippen LogP contribution >= 0.6 is 0 Å². The molecule has 1 aliphatic rings. The number of hydrogen-bond acceptors (Lipinski definition) is 3. The van der Waals surface area contributed by atoms with Crippen LogP contribution < -0.4 is 5.32 Å². The fraction of sp³-hybridized carbons (Fsp3) is 0.818. The highest BCUT2D eigenvalue weighted by molar-refractivity contribution is 5.83. The maximum Gasteiger partial charge on any atom is 0.328 e. The third-order valence-corrected chi connectivity index (χ3v) is 2.92. The van der Waals surface area contributed by atoms with Gasteiger partial charge >= 0.3 is 5.97 Å². The quantitative estimate of drug-likeness (QED) is 0.705. The molecule has 0 aromatic heterocycles. The normalized spacial score (nSPS) is 18.3. The van der Waals surface area contributed by atoms with Crippen molar-refractivity contribution in [2.75, 3.05) is 13.7 Å². The van der Waals surface area contributed by atoms with Gasteiger partial charge in [-0.1, -0.05) is 12.8 Å². The Labute approximate surface area is 95.2 Å². The maximum atomic E-state index is 11.6. The molecule has 1 unspecified atom stereocenters. The number of amides is 1. The fourth-order valence-corrected chi connectivity index (χ4v) is 2.07. The molecule has 16 heavy (non-hydrogen) atoms. The lowest BCUT2D eigenvalue weighted by Gasteiger charge is -2.15. The molecular formula is C11H19NO4. The molecule has 1 rings (SSSR count). The number of ether oxygens (including phenoxy) is 1. The van der Waals surface area contributed by atoms with Gasteiger partial charge in [-0.25, -0.2) is 4.79 Å². The Morgan fingerprint density at radius 1 is 1.44 bits per heavy atom. The van der Waals surface area contributed by atoms with E-state index in [-0.39, 0.29) is 12.5 Å². The maximum absolute atomic E-state index is 11.6. The van der Waals surface area contributed by atoms with Crippen LogP contribution in [-0.4, -0.2) is 36.7 Å². The van der Waals surface area contributed by atoms with Gasteiger partial charge in [-0.05, 0) is 18.8 Å². The van der Waals surface area contributed by atoms with E-state index < -0.39 is 12.0 Å². The Hall–Kier alpha value is -1.10. The molecule has 1 saturated carbocycles. The summed E-state index contributed by atoms with van der Waals surface area (Å²) < 4.78 is 4.74. The second kappa shape index (κ2) is 6.48. The van der Waals surface area contributed by atoms with Gasteiger partial charge in [0.05, 0.1) is 6.61 Å². The highest BCUT2D eigenvalue weighted by atomic mass is 16.5. The number of carboxylic acid groups (broad SMARTS) is 1. The summed E-state index contributed by atoms with van der Waals surface area (Å²) in [6, 6.07) is -0.932. The molecule has 0 radical (unpaired) electrons. The molecule has 1 atom stereocenters. The fourth-order valence-electron chi connectivity index (χ4n) is 2.07. The van der Waals surface area contributed by atoms with E-state index in [0.29, 0.717) is 12.3 Å². The Bertz CT molecular complexity index is 248. The summed E-state index contributed by atoms with van der Waals surface area (Å²) in [5, 5.41) is 11.3. The Morgan fingerprint density at radius 3 is 2.56 bits per heavy atom. The minimum atomic E-state index is -1.05. The van der Waals surface area contributed by atoms with Crippen LogP contribution in [-0.2, 0) is 14.3 Å². The second-order valence-corrected chi connectivity index (χ2v) is 4.27. The smallest absolute Gasteiger partial charge is 0.328 e. The van der Waals surface area contributed by atoms with Crippen molar-refractivity contribution in [3.05, 3.63) is 0 Å². The zero-order valence-electron chi connectivity index (χ0n) is 9.57. The number of carboxylic acids is 1. The Morgan fingerprint density at radius 2 is 2.06 bits per heavy atom. The molecule has 1 fully saturated rings. The summed E-state index contributed by atoms with van der Waals surface area (Å²) in [5.74, 6) is -0.810. The highest BCUT2D eigenvalue weighted by Gasteiger charge is 2.23. The lowest BCUT2D eigenvalue weighted by atomic mass is 10.0. The van der Waals surface area contributed by atoms with Crippen molar-refractivity contribution in [1.82, 2.24) is 5.32 Å². The van der Waals surface area contributed by atoms with Gasteiger partial charge in [-0.3, -0.25) is 4.79 Å². The van der Waals surface area contributed by atoms with Crippen LogP contribution in [0.5, 0.6) is 0 Å². The third kappa shape index (κ3) is 4.18. The molecule has 1 amide bonds. The monoisotopic (exact) mass is 229 g/mol. The van der Waals surface area contributed by atoms with Gasteiger partial charge in [-0.2, -0.15) is 0 Å². The Kier molecular flexibility index (Phi) is 5.25. The second-order valence-electron chi connectivity index (χ2n) is 4.27. The summed E-state index contributed by atoms with van der Waals surface area (Å²) in [5.41, 5.74) is 0. The van der Waals surface area contributed by atoms with E-state index in [1.807, 2.05) is 0 Å². The predicted octanol–water partition coefficient (Wildman–Crippen LogP) is 0.782. The van der Waals surface area contributed by atoms with Crippen LogP contribution in [0, 0.1) is 5.92 Å². The van der Waals surface area contributed by atoms with E-state index >= 15 is 0 Å². The first-order chi connectivity index (χ1) is 7.63. The summed E-state index contributed by atoms with van der Waals surface area (Å²) in [4.78, 5) is 22.3. The van der Waals surface area contributed by atoms with E-state index in [1.165, 1.54) is 20.0 Å². The molecule has 5 heteroatoms. The molecule has 1 aliphatic carbocycles. The molecule has 0 aromatic rings. The lowest BCUT2D eigenvalue weighted by molar-refractivity contribution is -0.143. The van der Waals surface area contributed by atoms with Gasteiger partial charge in [0.1, 0.15) is 0 Å². The number of carbonyl (C=O) groups is 2. The molecular weight excluding hydrogens is 210 g/mol. The van der Waals surface area contributed by atoms with Crippen LogP contribution in [0.2, 0.25) is 0 Å². The lowest BCUT2D eigenvalue weighted by Crippen LogP contribution is -2.44. The van der Waals surface area contributed by atoms with Crippen molar-refractivity contribution in [3.63, 3.8) is 0 Å². The zero-order valence-corrected chi connectivity index (χ0v) is 9.57. The number of nitrogens with one attached hydrogen (secondary N) is 1. The molecule has 0 bridgehead atoms. The Balaban J connectivity index is 2.32. The molecule has 0 spiro atoms. The minimum Gasteiger partial charge on any atom is -0.480 e. The highest BCUT2D eigenvalue weighted by Crippen LogP contribution is 2.27. The minimum absolute atomic E-state index is 0.00569. The van der Waals surface area contributed by atoms with Crippen molar-refractivity contribution in [2.45, 2.75) is 38.1 Å². The van der Waals surface area contributed by atoms with Gasteiger partial charge in [0.2, 0.25) is 5.91 Å². The average molecular weight is 229 g/mol. The molecule has 0 heterocycles. The van der Waals surface area contributed by atoms with E-state index in [4.69, 9.17) is 9.84 Å². The first-order valence-corrected chi connectivity index (χ1v) is 5.64. The predicted molar refractivity (Wildman–Crippen MR) is 58.0 cm³/mol. The summed E-state index contributed by atoms with van der Waals surface area (Å²) in [6.07, 6.45) is 4.95. The van der Waals surface area contributed by atoms with Gasteiger partial charge in [0, 0.05) is 13.5 Å².